The smallest absolute Gasteiger partial charge is 0.203 e. The Bertz CT molecular complexity index is 533. The van der Waals surface area contributed by atoms with Crippen LogP contribution >= 0.6 is 23.7 Å². The molecule has 1 aromatic rings. The highest BCUT2D eigenvalue weighted by molar-refractivity contribution is 7.94. The van der Waals surface area contributed by atoms with Gasteiger partial charge in [0.25, 0.3) is 0 Å². The van der Waals surface area contributed by atoms with E-state index in [0.29, 0.717) is 23.6 Å². The number of nitrogens with one attached hydrogen (secondary N) is 1. The Hall–Kier alpha value is -1.12. The summed E-state index contributed by atoms with van der Waals surface area (Å²) in [5.74, 6) is -0.416. The molecule has 1 aromatic carbocycles. The summed E-state index contributed by atoms with van der Waals surface area (Å²) < 4.78 is 2.00. The summed E-state index contributed by atoms with van der Waals surface area (Å²) in [6.45, 7) is 1.49. The second kappa shape index (κ2) is 7.77. The first-order valence-electron chi connectivity index (χ1n) is 6.54. The van der Waals surface area contributed by atoms with Crippen molar-refractivity contribution in [3.8, 4) is 0 Å². The van der Waals surface area contributed by atoms with Crippen molar-refractivity contribution in [1.29, 1.82) is 0 Å². The van der Waals surface area contributed by atoms with Gasteiger partial charge in [-0.2, -0.15) is 0 Å². The topological polar surface area (TPSA) is 91.0 Å². The molecule has 0 atom stereocenters. The van der Waals surface area contributed by atoms with Crippen LogP contribution in [0.15, 0.2) is 29.3 Å². The van der Waals surface area contributed by atoms with Crippen LogP contribution in [0.2, 0.25) is 5.02 Å². The molecule has 1 aliphatic rings. The fraction of sp³-hybridized carbons (Fsp3) is 0.385. The third kappa shape index (κ3) is 4.42. The van der Waals surface area contributed by atoms with Crippen molar-refractivity contribution in [2.24, 2.45) is 16.0 Å². The summed E-state index contributed by atoms with van der Waals surface area (Å²) in [6.07, 6.45) is 1.39. The molecule has 6 nitrogen and oxygen atoms in total. The van der Waals surface area contributed by atoms with Gasteiger partial charge in [-0.15, -0.1) is 0 Å². The van der Waals surface area contributed by atoms with Crippen LogP contribution < -0.4 is 10.6 Å². The number of halogens is 1. The van der Waals surface area contributed by atoms with E-state index in [1.54, 1.807) is 24.3 Å². The monoisotopic (exact) mass is 328 g/mol. The van der Waals surface area contributed by atoms with Crippen LogP contribution in [0.5, 0.6) is 0 Å². The Kier molecular flexibility index (Phi) is 6.01. The minimum atomic E-state index is -0.195. The van der Waals surface area contributed by atoms with Crippen LogP contribution in [0.1, 0.15) is 12.8 Å². The molecule has 1 saturated heterocycles. The van der Waals surface area contributed by atoms with Gasteiger partial charge >= 0.3 is 0 Å². The molecule has 2 rings (SSSR count). The molecular weight excluding hydrogens is 312 g/mol. The van der Waals surface area contributed by atoms with Crippen molar-refractivity contribution < 1.29 is 10.0 Å². The van der Waals surface area contributed by atoms with E-state index in [1.165, 1.54) is 12.1 Å². The van der Waals surface area contributed by atoms with Gasteiger partial charge in [-0.25, -0.2) is 14.8 Å². The van der Waals surface area contributed by atoms with E-state index in [4.69, 9.17) is 16.7 Å². The Morgan fingerprint density at radius 3 is 2.76 bits per heavy atom. The zero-order valence-corrected chi connectivity index (χ0v) is 12.9. The lowest BCUT2D eigenvalue weighted by molar-refractivity contribution is -0.118. The summed E-state index contributed by atoms with van der Waals surface area (Å²) in [4.78, 5) is 16.5. The van der Waals surface area contributed by atoms with E-state index in [2.05, 4.69) is 4.99 Å². The maximum atomic E-state index is 12.4. The number of piperidine rings is 1. The Morgan fingerprint density at radius 2 is 2.19 bits per heavy atom. The number of hydrogen-bond donors (Lipinski definition) is 3. The normalized spacial score (nSPS) is 17.8. The van der Waals surface area contributed by atoms with Gasteiger partial charge in [0, 0.05) is 36.2 Å². The van der Waals surface area contributed by atoms with Crippen molar-refractivity contribution in [1.82, 2.24) is 9.79 Å². The number of benzene rings is 1. The van der Waals surface area contributed by atoms with Crippen LogP contribution in [0, 0.1) is 5.92 Å². The Labute approximate surface area is 132 Å². The van der Waals surface area contributed by atoms with E-state index in [1.807, 2.05) is 9.79 Å². The largest absolute Gasteiger partial charge is 0.290 e. The molecule has 0 amide bonds. The average Bonchev–Trinajstić information content (AvgIpc) is 2.52. The first-order valence-corrected chi connectivity index (χ1v) is 7.76. The number of hydroxylamine groups is 1. The number of ketones is 1. The Balaban J connectivity index is 2.08. The van der Waals surface area contributed by atoms with Gasteiger partial charge in [0.15, 0.2) is 5.84 Å². The molecule has 8 heteroatoms. The minimum absolute atomic E-state index is 0.0591. The van der Waals surface area contributed by atoms with Crippen molar-refractivity contribution in [3.05, 3.63) is 29.3 Å². The highest BCUT2D eigenvalue weighted by Crippen LogP contribution is 2.23. The molecule has 0 spiro atoms. The molecule has 1 heterocycles. The Morgan fingerprint density at radius 1 is 1.48 bits per heavy atom. The molecule has 0 aliphatic carbocycles. The zero-order valence-electron chi connectivity index (χ0n) is 11.3. The number of rotatable bonds is 4. The number of nitrogens with two attached hydrogens (primary N) is 1. The molecule has 0 aromatic heterocycles. The molecule has 0 unspecified atom stereocenters. The second-order valence-electron chi connectivity index (χ2n) is 4.73. The molecule has 4 N–H and O–H groups in total. The van der Waals surface area contributed by atoms with E-state index in [-0.39, 0.29) is 17.5 Å². The molecule has 21 heavy (non-hydrogen) atoms. The highest BCUT2D eigenvalue weighted by Gasteiger charge is 2.28. The van der Waals surface area contributed by atoms with Gasteiger partial charge in [-0.3, -0.25) is 15.1 Å². The lowest BCUT2D eigenvalue weighted by Crippen LogP contribution is -2.39. The summed E-state index contributed by atoms with van der Waals surface area (Å²) in [5, 5.41) is 15.2. The summed E-state index contributed by atoms with van der Waals surface area (Å²) >= 11 is 7.06. The van der Waals surface area contributed by atoms with E-state index >= 15 is 0 Å². The van der Waals surface area contributed by atoms with Crippen molar-refractivity contribution in [2.45, 2.75) is 12.8 Å². The number of amidine groups is 1. The van der Waals surface area contributed by atoms with E-state index < -0.39 is 0 Å². The maximum Gasteiger partial charge on any atom is 0.203 e. The number of nitrogens with zero attached hydrogens (tertiary/aromatic N) is 2. The van der Waals surface area contributed by atoms with Gasteiger partial charge in [0.05, 0.1) is 5.69 Å². The molecule has 0 radical (unpaired) electrons. The number of aliphatic imine (C=N–C) groups is 1. The summed E-state index contributed by atoms with van der Waals surface area (Å²) in [6, 6.07) is 6.79. The fourth-order valence-corrected chi connectivity index (χ4v) is 2.83. The number of hydrogen-bond acceptors (Lipinski definition) is 6. The van der Waals surface area contributed by atoms with Crippen LogP contribution in [0.4, 0.5) is 5.69 Å². The third-order valence-corrected chi connectivity index (χ3v) is 4.26. The highest BCUT2D eigenvalue weighted by atomic mass is 35.5. The first kappa shape index (κ1) is 16.3. The van der Waals surface area contributed by atoms with Gasteiger partial charge in [0.1, 0.15) is 0 Å². The SMILES string of the molecule is NSN1CCC(C(=O)C(=Nc2cccc(Cl)c2)NO)CC1. The van der Waals surface area contributed by atoms with Crippen LogP contribution in [0.25, 0.3) is 0 Å². The molecule has 114 valence electrons. The minimum Gasteiger partial charge on any atom is -0.290 e. The quantitative estimate of drug-likeness (QED) is 0.339. The van der Waals surface area contributed by atoms with Gasteiger partial charge in [-0.05, 0) is 31.0 Å². The van der Waals surface area contributed by atoms with Crippen molar-refractivity contribution in [3.63, 3.8) is 0 Å². The predicted octanol–water partition coefficient (Wildman–Crippen LogP) is 2.15. The average molecular weight is 329 g/mol. The van der Waals surface area contributed by atoms with E-state index in [0.717, 1.165) is 13.1 Å². The maximum absolute atomic E-state index is 12.4. The molecule has 0 bridgehead atoms. The molecular formula is C13H17ClN4O2S. The standard InChI is InChI=1S/C13H17ClN4O2S/c14-10-2-1-3-11(8-10)16-13(17-20)12(19)9-4-6-18(21-15)7-5-9/h1-3,8-9,20H,4-7,15H2,(H,16,17). The predicted molar refractivity (Wildman–Crippen MR) is 84.6 cm³/mol. The summed E-state index contributed by atoms with van der Waals surface area (Å²) in [5.41, 5.74) is 2.42. The van der Waals surface area contributed by atoms with Gasteiger partial charge in [-0.1, -0.05) is 17.7 Å². The third-order valence-electron chi connectivity index (χ3n) is 3.36. The lowest BCUT2D eigenvalue weighted by Gasteiger charge is -2.28. The van der Waals surface area contributed by atoms with Gasteiger partial charge < -0.3 is 0 Å². The second-order valence-corrected chi connectivity index (χ2v) is 5.89. The summed E-state index contributed by atoms with van der Waals surface area (Å²) in [7, 11) is 0. The molecule has 1 fully saturated rings. The van der Waals surface area contributed by atoms with E-state index in [9.17, 15) is 10.0 Å². The number of Topliss-reactive ketones (excluding diaryl/α,β-unsaturated/α-hetero) is 1. The fourth-order valence-electron chi connectivity index (χ4n) is 2.23. The first-order chi connectivity index (χ1) is 10.1. The zero-order chi connectivity index (χ0) is 15.2. The van der Waals surface area contributed by atoms with Crippen LogP contribution in [-0.4, -0.2) is 34.2 Å². The number of carbonyl (C=O) groups is 1. The van der Waals surface area contributed by atoms with Gasteiger partial charge in [0.2, 0.25) is 5.78 Å². The molecule has 1 aliphatic heterocycles. The lowest BCUT2D eigenvalue weighted by atomic mass is 9.93. The number of carbonyl (C=O) groups excluding carboxylic acids is 1. The molecule has 0 saturated carbocycles. The van der Waals surface area contributed by atoms with Crippen LogP contribution in [-0.2, 0) is 4.79 Å². The van der Waals surface area contributed by atoms with Crippen LogP contribution in [0.3, 0.4) is 0 Å². The van der Waals surface area contributed by atoms with Crippen molar-refractivity contribution in [2.75, 3.05) is 13.1 Å². The van der Waals surface area contributed by atoms with Crippen molar-refractivity contribution >= 4 is 41.0 Å².